The average Bonchev–Trinajstić information content (AvgIpc) is 3.04. The molecule has 6 atom stereocenters. The van der Waals surface area contributed by atoms with Crippen molar-refractivity contribution in [2.24, 2.45) is 29.1 Å². The van der Waals surface area contributed by atoms with E-state index in [1.165, 1.54) is 95.5 Å². The summed E-state index contributed by atoms with van der Waals surface area (Å²) in [6, 6.07) is 7.45. The minimum absolute atomic E-state index is 0.626. The van der Waals surface area contributed by atoms with Gasteiger partial charge in [-0.2, -0.15) is 0 Å². The molecule has 2 saturated carbocycles. The lowest BCUT2D eigenvalue weighted by Gasteiger charge is -2.53. The van der Waals surface area contributed by atoms with Crippen LogP contribution in [-0.2, 0) is 6.42 Å². The molecule has 0 bridgehead atoms. The molecule has 2 fully saturated rings. The van der Waals surface area contributed by atoms with Crippen LogP contribution in [0.5, 0.6) is 0 Å². The first-order valence-electron chi connectivity index (χ1n) is 13.6. The highest BCUT2D eigenvalue weighted by Crippen LogP contribution is 2.64. The Balaban J connectivity index is 1.43. The van der Waals surface area contributed by atoms with Crippen LogP contribution in [0.15, 0.2) is 18.2 Å². The summed E-state index contributed by atoms with van der Waals surface area (Å²) in [4.78, 5) is 0. The van der Waals surface area contributed by atoms with Gasteiger partial charge in [-0.1, -0.05) is 95.9 Å². The number of rotatable bonds is 9. The maximum Gasteiger partial charge on any atom is -0.0125 e. The summed E-state index contributed by atoms with van der Waals surface area (Å²) < 4.78 is 0. The summed E-state index contributed by atoms with van der Waals surface area (Å²) in [6.45, 7) is 9.84. The molecule has 168 valence electrons. The predicted octanol–water partition coefficient (Wildman–Crippen LogP) is 9.24. The van der Waals surface area contributed by atoms with Crippen LogP contribution in [0.1, 0.15) is 127 Å². The van der Waals surface area contributed by atoms with Gasteiger partial charge in [0, 0.05) is 0 Å². The zero-order valence-electron chi connectivity index (χ0n) is 20.5. The Morgan fingerprint density at radius 3 is 2.43 bits per heavy atom. The van der Waals surface area contributed by atoms with Crippen molar-refractivity contribution in [3.8, 4) is 0 Å². The number of hydrogen-bond acceptors (Lipinski definition) is 0. The standard InChI is InChI=1S/C30H48/c1-5-6-7-8-9-10-11-12-13-24-21-25-20-22(2)14-16-26(25)27-18-19-30(4)23(3)15-17-28(30)29(24)27/h14,16,20,23-24,27-29H,5-13,15,17-19,21H2,1-4H3/t23-,24+,27?,28?,29?,30+/m0/s1. The summed E-state index contributed by atoms with van der Waals surface area (Å²) in [7, 11) is 0. The molecule has 0 nitrogen and oxygen atoms in total. The van der Waals surface area contributed by atoms with E-state index in [4.69, 9.17) is 0 Å². The van der Waals surface area contributed by atoms with Crippen LogP contribution in [0.4, 0.5) is 0 Å². The van der Waals surface area contributed by atoms with Gasteiger partial charge in [-0.05, 0) is 91.6 Å². The van der Waals surface area contributed by atoms with E-state index in [9.17, 15) is 0 Å². The summed E-state index contributed by atoms with van der Waals surface area (Å²) >= 11 is 0. The second kappa shape index (κ2) is 9.79. The maximum atomic E-state index is 2.67. The van der Waals surface area contributed by atoms with Crippen molar-refractivity contribution in [2.75, 3.05) is 0 Å². The van der Waals surface area contributed by atoms with E-state index in [0.717, 1.165) is 29.6 Å². The Kier molecular flexibility index (Phi) is 7.31. The summed E-state index contributed by atoms with van der Waals surface area (Å²) in [5.74, 6) is 4.69. The van der Waals surface area contributed by atoms with Crippen LogP contribution in [0.3, 0.4) is 0 Å². The van der Waals surface area contributed by atoms with Crippen LogP contribution >= 0.6 is 0 Å². The molecular weight excluding hydrogens is 360 g/mol. The minimum atomic E-state index is 0.626. The molecule has 1 aromatic carbocycles. The van der Waals surface area contributed by atoms with Gasteiger partial charge in [0.2, 0.25) is 0 Å². The number of fused-ring (bicyclic) bond motifs is 5. The third-order valence-electron chi connectivity index (χ3n) is 9.96. The first kappa shape index (κ1) is 22.4. The molecule has 0 spiro atoms. The Morgan fingerprint density at radius 1 is 0.933 bits per heavy atom. The normalized spacial score (nSPS) is 35.0. The number of aryl methyl sites for hydroxylation is 1. The first-order chi connectivity index (χ1) is 14.5. The Bertz CT molecular complexity index is 687. The molecule has 0 amide bonds. The van der Waals surface area contributed by atoms with Gasteiger partial charge >= 0.3 is 0 Å². The third kappa shape index (κ3) is 4.40. The lowest BCUT2D eigenvalue weighted by atomic mass is 9.51. The molecule has 0 saturated heterocycles. The zero-order valence-corrected chi connectivity index (χ0v) is 20.5. The lowest BCUT2D eigenvalue weighted by molar-refractivity contribution is 0.00273. The van der Waals surface area contributed by atoms with Crippen LogP contribution in [0, 0.1) is 36.0 Å². The molecule has 30 heavy (non-hydrogen) atoms. The van der Waals surface area contributed by atoms with E-state index in [1.807, 2.05) is 0 Å². The van der Waals surface area contributed by atoms with E-state index in [2.05, 4.69) is 45.9 Å². The van der Waals surface area contributed by atoms with Crippen LogP contribution in [0.2, 0.25) is 0 Å². The molecule has 0 aliphatic heterocycles. The molecule has 3 unspecified atom stereocenters. The third-order valence-corrected chi connectivity index (χ3v) is 9.96. The molecule has 0 aromatic heterocycles. The van der Waals surface area contributed by atoms with Gasteiger partial charge in [-0.3, -0.25) is 0 Å². The van der Waals surface area contributed by atoms with Gasteiger partial charge in [0.05, 0.1) is 0 Å². The van der Waals surface area contributed by atoms with Gasteiger partial charge in [-0.25, -0.2) is 0 Å². The number of hydrogen-bond donors (Lipinski definition) is 0. The van der Waals surface area contributed by atoms with Crippen molar-refractivity contribution >= 4 is 0 Å². The molecule has 3 aliphatic carbocycles. The van der Waals surface area contributed by atoms with Crippen molar-refractivity contribution in [3.05, 3.63) is 34.9 Å². The van der Waals surface area contributed by atoms with E-state index in [-0.39, 0.29) is 0 Å². The highest BCUT2D eigenvalue weighted by atomic mass is 14.6. The van der Waals surface area contributed by atoms with E-state index < -0.39 is 0 Å². The van der Waals surface area contributed by atoms with Crippen molar-refractivity contribution < 1.29 is 0 Å². The number of benzene rings is 1. The van der Waals surface area contributed by atoms with Crippen molar-refractivity contribution in [3.63, 3.8) is 0 Å². The topological polar surface area (TPSA) is 0 Å². The molecule has 4 rings (SSSR count). The molecular formula is C30H48. The highest BCUT2D eigenvalue weighted by Gasteiger charge is 2.55. The molecule has 0 radical (unpaired) electrons. The quantitative estimate of drug-likeness (QED) is 0.357. The SMILES string of the molecule is CCCCCCCCCC[C@@H]1Cc2cc(C)ccc2C2CC[C@@]3(C)C(CC[C@@H]3C)C21. The molecule has 0 heteroatoms. The fraction of sp³-hybridized carbons (Fsp3) is 0.800. The summed E-state index contributed by atoms with van der Waals surface area (Å²) in [5, 5.41) is 0. The van der Waals surface area contributed by atoms with Gasteiger partial charge < -0.3 is 0 Å². The molecule has 0 N–H and O–H groups in total. The second-order valence-electron chi connectivity index (χ2n) is 11.7. The Labute approximate surface area is 187 Å². The van der Waals surface area contributed by atoms with Crippen molar-refractivity contribution in [1.29, 1.82) is 0 Å². The smallest absolute Gasteiger partial charge is 0.0125 e. The molecule has 3 aliphatic rings. The van der Waals surface area contributed by atoms with Crippen LogP contribution < -0.4 is 0 Å². The Morgan fingerprint density at radius 2 is 1.67 bits per heavy atom. The maximum absolute atomic E-state index is 2.67. The van der Waals surface area contributed by atoms with Crippen LogP contribution in [-0.4, -0.2) is 0 Å². The Hall–Kier alpha value is -0.780. The van der Waals surface area contributed by atoms with Crippen LogP contribution in [0.25, 0.3) is 0 Å². The summed E-state index contributed by atoms with van der Waals surface area (Å²) in [5.41, 5.74) is 5.56. The first-order valence-corrected chi connectivity index (χ1v) is 13.6. The van der Waals surface area contributed by atoms with Gasteiger partial charge in [0.25, 0.3) is 0 Å². The fourth-order valence-corrected chi connectivity index (χ4v) is 8.00. The summed E-state index contributed by atoms with van der Waals surface area (Å²) in [6.07, 6.45) is 20.4. The monoisotopic (exact) mass is 408 g/mol. The van der Waals surface area contributed by atoms with E-state index in [0.29, 0.717) is 5.41 Å². The second-order valence-corrected chi connectivity index (χ2v) is 11.7. The largest absolute Gasteiger partial charge is 0.0654 e. The highest BCUT2D eigenvalue weighted by molar-refractivity contribution is 5.38. The molecule has 0 heterocycles. The van der Waals surface area contributed by atoms with Gasteiger partial charge in [0.15, 0.2) is 0 Å². The minimum Gasteiger partial charge on any atom is -0.0654 e. The van der Waals surface area contributed by atoms with E-state index in [1.54, 1.807) is 11.1 Å². The van der Waals surface area contributed by atoms with Gasteiger partial charge in [-0.15, -0.1) is 0 Å². The average molecular weight is 409 g/mol. The molecule has 1 aromatic rings. The van der Waals surface area contributed by atoms with Crippen molar-refractivity contribution in [1.82, 2.24) is 0 Å². The number of unbranched alkanes of at least 4 members (excludes halogenated alkanes) is 7. The van der Waals surface area contributed by atoms with Crippen molar-refractivity contribution in [2.45, 2.75) is 124 Å². The lowest BCUT2D eigenvalue weighted by Crippen LogP contribution is -2.45. The fourth-order valence-electron chi connectivity index (χ4n) is 8.00. The van der Waals surface area contributed by atoms with Gasteiger partial charge in [0.1, 0.15) is 0 Å². The van der Waals surface area contributed by atoms with E-state index >= 15 is 0 Å². The predicted molar refractivity (Wildman–Crippen MR) is 131 cm³/mol. The zero-order chi connectivity index (χ0) is 21.1.